The van der Waals surface area contributed by atoms with Crippen LogP contribution in [0.1, 0.15) is 5.82 Å². The molecule has 2 aromatic carbocycles. The minimum absolute atomic E-state index is 0.115. The lowest BCUT2D eigenvalue weighted by Gasteiger charge is -2.34. The molecular weight excluding hydrogens is 388 g/mol. The summed E-state index contributed by atoms with van der Waals surface area (Å²) in [4.78, 5) is 24.4. The van der Waals surface area contributed by atoms with Crippen molar-refractivity contribution in [3.8, 4) is 0 Å². The molecule has 4 rings (SSSR count). The van der Waals surface area contributed by atoms with E-state index in [0.717, 1.165) is 26.2 Å². The number of H-pyrrole nitrogens is 1. The Balaban J connectivity index is 1.31. The van der Waals surface area contributed by atoms with E-state index in [4.69, 9.17) is 0 Å². The van der Waals surface area contributed by atoms with Crippen LogP contribution >= 0.6 is 0 Å². The van der Waals surface area contributed by atoms with Crippen LogP contribution < -0.4 is 5.56 Å². The quantitative estimate of drug-likeness (QED) is 0.661. The van der Waals surface area contributed by atoms with Crippen molar-refractivity contribution in [1.29, 1.82) is 0 Å². The van der Waals surface area contributed by atoms with Gasteiger partial charge in [0.05, 0.1) is 28.1 Å². The molecule has 0 spiro atoms. The van der Waals surface area contributed by atoms with Gasteiger partial charge in [-0.05, 0) is 24.3 Å². The van der Waals surface area contributed by atoms with Crippen molar-refractivity contribution < 1.29 is 8.42 Å². The molecule has 0 saturated carbocycles. The Labute approximate surface area is 169 Å². The number of benzene rings is 2. The van der Waals surface area contributed by atoms with Crippen molar-refractivity contribution in [2.45, 2.75) is 11.4 Å². The Morgan fingerprint density at radius 1 is 0.897 bits per heavy atom. The Morgan fingerprint density at radius 2 is 1.55 bits per heavy atom. The molecule has 0 bridgehead atoms. The highest BCUT2D eigenvalue weighted by molar-refractivity contribution is 7.91. The second-order valence-corrected chi connectivity index (χ2v) is 9.39. The molecule has 0 aliphatic carbocycles. The molecular formula is C21H24N4O3S. The number of hydrogen-bond donors (Lipinski definition) is 1. The molecule has 8 heteroatoms. The predicted octanol–water partition coefficient (Wildman–Crippen LogP) is 1.51. The van der Waals surface area contributed by atoms with E-state index >= 15 is 0 Å². The van der Waals surface area contributed by atoms with Gasteiger partial charge in [0.1, 0.15) is 5.82 Å². The second kappa shape index (κ2) is 8.44. The first-order valence-electron chi connectivity index (χ1n) is 9.72. The summed E-state index contributed by atoms with van der Waals surface area (Å²) in [6, 6.07) is 15.9. The highest BCUT2D eigenvalue weighted by Crippen LogP contribution is 2.12. The number of aromatic nitrogens is 2. The van der Waals surface area contributed by atoms with Gasteiger partial charge < -0.3 is 4.98 Å². The Morgan fingerprint density at radius 3 is 2.31 bits per heavy atom. The van der Waals surface area contributed by atoms with Crippen molar-refractivity contribution in [3.63, 3.8) is 0 Å². The van der Waals surface area contributed by atoms with E-state index in [0.29, 0.717) is 34.7 Å². The molecule has 3 aromatic rings. The van der Waals surface area contributed by atoms with E-state index in [2.05, 4.69) is 19.8 Å². The Hall–Kier alpha value is -2.55. The van der Waals surface area contributed by atoms with Crippen molar-refractivity contribution in [1.82, 2.24) is 19.8 Å². The maximum absolute atomic E-state index is 12.4. The molecule has 0 atom stereocenters. The number of piperazine rings is 1. The van der Waals surface area contributed by atoms with Gasteiger partial charge in [0, 0.05) is 32.7 Å². The summed E-state index contributed by atoms with van der Waals surface area (Å²) in [7, 11) is -3.25. The zero-order chi connectivity index (χ0) is 20.3. The fraction of sp³-hybridized carbons (Fsp3) is 0.333. The highest BCUT2D eigenvalue weighted by atomic mass is 32.2. The monoisotopic (exact) mass is 412 g/mol. The molecule has 1 aliphatic rings. The summed E-state index contributed by atoms with van der Waals surface area (Å²) >= 11 is 0. The first-order valence-corrected chi connectivity index (χ1v) is 11.4. The summed E-state index contributed by atoms with van der Waals surface area (Å²) in [5.41, 5.74) is 0.589. The summed E-state index contributed by atoms with van der Waals surface area (Å²) in [5.74, 6) is 0.783. The number of nitrogens with one attached hydrogen (secondary N) is 1. The maximum atomic E-state index is 12.4. The lowest BCUT2D eigenvalue weighted by Crippen LogP contribution is -2.47. The van der Waals surface area contributed by atoms with Crippen LogP contribution in [0.2, 0.25) is 0 Å². The Bertz CT molecular complexity index is 1140. The van der Waals surface area contributed by atoms with Crippen LogP contribution in [-0.4, -0.2) is 66.7 Å². The lowest BCUT2D eigenvalue weighted by atomic mass is 10.2. The standard InChI is InChI=1S/C21H24N4O3S/c26-21-18-8-4-5-9-19(18)22-20(23-21)16-25-12-10-24(11-13-25)14-15-29(27,28)17-6-2-1-3-7-17/h1-9H,10-16H2,(H,22,23,26). The van der Waals surface area contributed by atoms with Crippen LogP contribution in [0.15, 0.2) is 64.3 Å². The average molecular weight is 413 g/mol. The SMILES string of the molecule is O=c1[nH]c(CN2CCN(CCS(=O)(=O)c3ccccc3)CC2)nc2ccccc12. The van der Waals surface area contributed by atoms with E-state index in [1.54, 1.807) is 30.3 Å². The summed E-state index contributed by atoms with van der Waals surface area (Å²) in [6.45, 7) is 4.31. The summed E-state index contributed by atoms with van der Waals surface area (Å²) in [6.07, 6.45) is 0. The van der Waals surface area contributed by atoms with Crippen LogP contribution in [0, 0.1) is 0 Å². The normalized spacial score (nSPS) is 16.3. The third-order valence-electron chi connectivity index (χ3n) is 5.28. The number of para-hydroxylation sites is 1. The fourth-order valence-corrected chi connectivity index (χ4v) is 4.89. The van der Waals surface area contributed by atoms with Crippen molar-refractivity contribution in [2.75, 3.05) is 38.5 Å². The van der Waals surface area contributed by atoms with Gasteiger partial charge >= 0.3 is 0 Å². The largest absolute Gasteiger partial charge is 0.309 e. The lowest BCUT2D eigenvalue weighted by molar-refractivity contribution is 0.130. The summed E-state index contributed by atoms with van der Waals surface area (Å²) < 4.78 is 24.9. The van der Waals surface area contributed by atoms with Crippen LogP contribution in [-0.2, 0) is 16.4 Å². The molecule has 1 fully saturated rings. The second-order valence-electron chi connectivity index (χ2n) is 7.28. The molecule has 1 aromatic heterocycles. The van der Waals surface area contributed by atoms with Gasteiger partial charge in [0.15, 0.2) is 9.84 Å². The van der Waals surface area contributed by atoms with Crippen LogP contribution in [0.4, 0.5) is 0 Å². The molecule has 0 radical (unpaired) electrons. The topological polar surface area (TPSA) is 86.4 Å². The Kier molecular flexibility index (Phi) is 5.75. The minimum atomic E-state index is -3.25. The third kappa shape index (κ3) is 4.72. The number of nitrogens with zero attached hydrogens (tertiary/aromatic N) is 3. The molecule has 0 unspecified atom stereocenters. The number of rotatable bonds is 6. The summed E-state index contributed by atoms with van der Waals surface area (Å²) in [5, 5.41) is 0.598. The molecule has 1 N–H and O–H groups in total. The van der Waals surface area contributed by atoms with Gasteiger partial charge in [-0.1, -0.05) is 30.3 Å². The van der Waals surface area contributed by atoms with Gasteiger partial charge in [0.2, 0.25) is 0 Å². The van der Waals surface area contributed by atoms with Gasteiger partial charge in [-0.3, -0.25) is 14.6 Å². The molecule has 2 heterocycles. The zero-order valence-electron chi connectivity index (χ0n) is 16.1. The van der Waals surface area contributed by atoms with Gasteiger partial charge in [-0.25, -0.2) is 13.4 Å². The number of hydrogen-bond acceptors (Lipinski definition) is 6. The van der Waals surface area contributed by atoms with Crippen molar-refractivity contribution in [3.05, 3.63) is 70.8 Å². The molecule has 1 saturated heterocycles. The number of sulfone groups is 1. The van der Waals surface area contributed by atoms with Crippen molar-refractivity contribution in [2.24, 2.45) is 0 Å². The van der Waals surface area contributed by atoms with Crippen LogP contribution in [0.3, 0.4) is 0 Å². The molecule has 152 valence electrons. The van der Waals surface area contributed by atoms with E-state index in [9.17, 15) is 13.2 Å². The third-order valence-corrected chi connectivity index (χ3v) is 6.99. The maximum Gasteiger partial charge on any atom is 0.258 e. The molecule has 0 amide bonds. The smallest absolute Gasteiger partial charge is 0.258 e. The zero-order valence-corrected chi connectivity index (χ0v) is 16.9. The number of aromatic amines is 1. The van der Waals surface area contributed by atoms with E-state index in [1.807, 2.05) is 24.3 Å². The molecule has 7 nitrogen and oxygen atoms in total. The van der Waals surface area contributed by atoms with Crippen LogP contribution in [0.5, 0.6) is 0 Å². The first-order chi connectivity index (χ1) is 14.0. The van der Waals surface area contributed by atoms with Crippen molar-refractivity contribution >= 4 is 20.7 Å². The van der Waals surface area contributed by atoms with Gasteiger partial charge in [-0.2, -0.15) is 0 Å². The van der Waals surface area contributed by atoms with E-state index in [1.165, 1.54) is 0 Å². The van der Waals surface area contributed by atoms with E-state index in [-0.39, 0.29) is 11.3 Å². The predicted molar refractivity (Wildman–Crippen MR) is 113 cm³/mol. The molecule has 29 heavy (non-hydrogen) atoms. The van der Waals surface area contributed by atoms with E-state index < -0.39 is 9.84 Å². The number of fused-ring (bicyclic) bond motifs is 1. The first kappa shape index (κ1) is 19.8. The minimum Gasteiger partial charge on any atom is -0.309 e. The fourth-order valence-electron chi connectivity index (χ4n) is 3.59. The van der Waals surface area contributed by atoms with Crippen LogP contribution in [0.25, 0.3) is 10.9 Å². The van der Waals surface area contributed by atoms with Gasteiger partial charge in [-0.15, -0.1) is 0 Å². The highest BCUT2D eigenvalue weighted by Gasteiger charge is 2.21. The van der Waals surface area contributed by atoms with Gasteiger partial charge in [0.25, 0.3) is 5.56 Å². The molecule has 1 aliphatic heterocycles. The average Bonchev–Trinajstić information content (AvgIpc) is 2.74.